The summed E-state index contributed by atoms with van der Waals surface area (Å²) in [6.45, 7) is 14.0. The van der Waals surface area contributed by atoms with Gasteiger partial charge in [-0.15, -0.1) is 0 Å². The highest BCUT2D eigenvalue weighted by Gasteiger charge is 2.47. The quantitative estimate of drug-likeness (QED) is 0.136. The Hall–Kier alpha value is -2.28. The van der Waals surface area contributed by atoms with Crippen molar-refractivity contribution >= 4 is 12.1 Å². The number of nitrogens with zero attached hydrogens (tertiary/aromatic N) is 2. The Morgan fingerprint density at radius 2 is 1.98 bits per heavy atom. The van der Waals surface area contributed by atoms with E-state index < -0.39 is 41.6 Å². The second-order valence-corrected chi connectivity index (χ2v) is 14.4. The number of epoxide rings is 1. The number of cyclic esters (lactones) is 1. The van der Waals surface area contributed by atoms with E-state index in [0.29, 0.717) is 19.5 Å². The third-order valence-electron chi connectivity index (χ3n) is 9.84. The molecule has 11 heteroatoms. The Labute approximate surface area is 281 Å². The van der Waals surface area contributed by atoms with Gasteiger partial charge in [0.2, 0.25) is 0 Å². The van der Waals surface area contributed by atoms with Gasteiger partial charge in [-0.25, -0.2) is 4.79 Å². The number of methoxy groups -OCH3 is 1. The molecule has 11 nitrogen and oxygen atoms in total. The maximum atomic E-state index is 13.2. The van der Waals surface area contributed by atoms with E-state index in [1.165, 1.54) is 0 Å². The molecule has 3 heterocycles. The average molecular weight is 665 g/mol. The van der Waals surface area contributed by atoms with E-state index in [-0.39, 0.29) is 49.4 Å². The van der Waals surface area contributed by atoms with Crippen LogP contribution in [0.1, 0.15) is 80.1 Å². The highest BCUT2D eigenvalue weighted by molar-refractivity contribution is 5.70. The normalized spacial score (nSPS) is 35.1. The van der Waals surface area contributed by atoms with Crippen molar-refractivity contribution in [2.24, 2.45) is 11.8 Å². The smallest absolute Gasteiger partial charge is 0.410 e. The standard InChI is InChI=1S/C36H60N2O9/c1-9-28(44-8)26(4)33-29(45-33)23-35(5,42)16-10-12-24(2)32-25(3)13-14-30(36(6,43)17-15-27(39)22-31(40)47-32)46-34(41)38-19-11-18-37(7)20-21-38/h10,12-14,16,25-30,32-33,39,42-43H,9,11,15,17-23H2,1-8H3/b14-13-,16-10+,24-12+. The number of ether oxygens (including phenoxy) is 4. The molecular weight excluding hydrogens is 604 g/mol. The maximum absolute atomic E-state index is 13.2. The van der Waals surface area contributed by atoms with E-state index in [2.05, 4.69) is 18.7 Å². The molecule has 0 aromatic carbocycles. The molecule has 0 saturated carbocycles. The predicted octanol–water partition coefficient (Wildman–Crippen LogP) is 4.00. The molecule has 3 aliphatic heterocycles. The van der Waals surface area contributed by atoms with E-state index in [1.54, 1.807) is 56.2 Å². The number of carbonyl (C=O) groups is 2. The van der Waals surface area contributed by atoms with Gasteiger partial charge in [-0.05, 0) is 71.7 Å². The molecule has 3 aliphatic rings. The number of likely N-dealkylation sites (N-methyl/N-ethyl adjacent to an activating group) is 1. The summed E-state index contributed by atoms with van der Waals surface area (Å²) in [6, 6.07) is 0. The number of amides is 1. The fraction of sp³-hybridized carbons (Fsp3) is 0.778. The number of carbonyl (C=O) groups excluding carboxylic acids is 2. The number of esters is 1. The summed E-state index contributed by atoms with van der Waals surface area (Å²) < 4.78 is 23.2. The van der Waals surface area contributed by atoms with Crippen LogP contribution in [0.25, 0.3) is 0 Å². The highest BCUT2D eigenvalue weighted by atomic mass is 16.6. The van der Waals surface area contributed by atoms with Crippen molar-refractivity contribution in [3.63, 3.8) is 0 Å². The lowest BCUT2D eigenvalue weighted by molar-refractivity contribution is -0.151. The molecule has 0 aliphatic carbocycles. The maximum Gasteiger partial charge on any atom is 0.410 e. The van der Waals surface area contributed by atoms with E-state index >= 15 is 0 Å². The first-order valence-electron chi connectivity index (χ1n) is 17.3. The van der Waals surface area contributed by atoms with Gasteiger partial charge in [0.1, 0.15) is 11.7 Å². The predicted molar refractivity (Wildman–Crippen MR) is 180 cm³/mol. The summed E-state index contributed by atoms with van der Waals surface area (Å²) in [5, 5.41) is 33.1. The molecular formula is C36H60N2O9. The third kappa shape index (κ3) is 12.0. The number of rotatable bonds is 10. The Bertz CT molecular complexity index is 1120. The van der Waals surface area contributed by atoms with Crippen LogP contribution in [0.3, 0.4) is 0 Å². The fourth-order valence-electron chi connectivity index (χ4n) is 6.59. The van der Waals surface area contributed by atoms with Crippen molar-refractivity contribution in [1.82, 2.24) is 9.80 Å². The molecule has 2 saturated heterocycles. The summed E-state index contributed by atoms with van der Waals surface area (Å²) in [4.78, 5) is 29.9. The summed E-state index contributed by atoms with van der Waals surface area (Å²) in [7, 11) is 3.73. The molecule has 47 heavy (non-hydrogen) atoms. The number of aliphatic hydroxyl groups is 3. The van der Waals surface area contributed by atoms with Crippen LogP contribution in [0.4, 0.5) is 4.79 Å². The zero-order valence-electron chi connectivity index (χ0n) is 29.8. The topological polar surface area (TPSA) is 142 Å². The fourth-order valence-corrected chi connectivity index (χ4v) is 6.59. The molecule has 0 spiro atoms. The van der Waals surface area contributed by atoms with Gasteiger partial charge in [-0.1, -0.05) is 45.1 Å². The lowest BCUT2D eigenvalue weighted by Gasteiger charge is -2.34. The average Bonchev–Trinajstić information content (AvgIpc) is 3.79. The zero-order chi connectivity index (χ0) is 34.9. The summed E-state index contributed by atoms with van der Waals surface area (Å²) in [5.74, 6) is -0.684. The second kappa shape index (κ2) is 17.4. The van der Waals surface area contributed by atoms with Crippen molar-refractivity contribution in [3.05, 3.63) is 36.0 Å². The molecule has 0 bridgehead atoms. The van der Waals surface area contributed by atoms with Gasteiger partial charge >= 0.3 is 12.1 Å². The summed E-state index contributed by atoms with van der Waals surface area (Å²) in [5.41, 5.74) is -1.87. The van der Waals surface area contributed by atoms with Crippen LogP contribution < -0.4 is 0 Å². The lowest BCUT2D eigenvalue weighted by atomic mass is 9.88. The van der Waals surface area contributed by atoms with Gasteiger partial charge in [-0.2, -0.15) is 0 Å². The Balaban J connectivity index is 1.74. The van der Waals surface area contributed by atoms with E-state index in [1.807, 2.05) is 20.9 Å². The minimum absolute atomic E-state index is 0.0469. The number of hydrogen-bond acceptors (Lipinski definition) is 10. The first-order valence-corrected chi connectivity index (χ1v) is 17.3. The van der Waals surface area contributed by atoms with Crippen molar-refractivity contribution in [1.29, 1.82) is 0 Å². The van der Waals surface area contributed by atoms with Gasteiger partial charge in [0.15, 0.2) is 6.10 Å². The van der Waals surface area contributed by atoms with E-state index in [9.17, 15) is 24.9 Å². The van der Waals surface area contributed by atoms with Crippen LogP contribution in [-0.4, -0.2) is 125 Å². The summed E-state index contributed by atoms with van der Waals surface area (Å²) in [6.07, 6.45) is 7.81. The van der Waals surface area contributed by atoms with Gasteiger partial charge in [-0.3, -0.25) is 4.79 Å². The van der Waals surface area contributed by atoms with Crippen LogP contribution in [0.15, 0.2) is 36.0 Å². The molecule has 3 rings (SSSR count). The monoisotopic (exact) mass is 664 g/mol. The highest BCUT2D eigenvalue weighted by Crippen LogP contribution is 2.38. The SMILES string of the molecule is CCC(OC)C(C)C1OC1CC(C)(O)/C=C/C=C(\C)C1OC(=O)CC(O)CCC(C)(O)C(OC(=O)N2CCCN(C)CC2)/C=C\C1C. The Morgan fingerprint density at radius 1 is 1.26 bits per heavy atom. The number of aliphatic hydroxyl groups excluding tert-OH is 1. The molecule has 10 atom stereocenters. The van der Waals surface area contributed by atoms with E-state index in [0.717, 1.165) is 31.5 Å². The van der Waals surface area contributed by atoms with Crippen molar-refractivity contribution in [2.75, 3.05) is 40.3 Å². The zero-order valence-corrected chi connectivity index (χ0v) is 29.8. The molecule has 2 fully saturated rings. The third-order valence-corrected chi connectivity index (χ3v) is 9.84. The molecule has 1 amide bonds. The molecule has 0 radical (unpaired) electrons. The molecule has 0 aromatic rings. The van der Waals surface area contributed by atoms with Crippen molar-refractivity contribution < 1.29 is 43.9 Å². The van der Waals surface area contributed by atoms with Crippen LogP contribution in [0, 0.1) is 11.8 Å². The van der Waals surface area contributed by atoms with Gasteiger partial charge < -0.3 is 44.1 Å². The first kappa shape index (κ1) is 39.2. The number of allylic oxidation sites excluding steroid dienone is 2. The largest absolute Gasteiger partial charge is 0.457 e. The molecule has 0 aromatic heterocycles. The van der Waals surface area contributed by atoms with Crippen LogP contribution in [0.2, 0.25) is 0 Å². The van der Waals surface area contributed by atoms with Crippen LogP contribution in [-0.2, 0) is 23.7 Å². The van der Waals surface area contributed by atoms with Gasteiger partial charge in [0.05, 0.1) is 36.4 Å². The number of hydrogen-bond donors (Lipinski definition) is 3. The molecule has 268 valence electrons. The van der Waals surface area contributed by atoms with Crippen LogP contribution in [0.5, 0.6) is 0 Å². The first-order chi connectivity index (χ1) is 22.1. The molecule has 3 N–H and O–H groups in total. The van der Waals surface area contributed by atoms with Crippen molar-refractivity contribution in [2.45, 2.75) is 128 Å². The van der Waals surface area contributed by atoms with Crippen molar-refractivity contribution in [3.8, 4) is 0 Å². The van der Waals surface area contributed by atoms with Gasteiger partial charge in [0.25, 0.3) is 0 Å². The molecule has 10 unspecified atom stereocenters. The van der Waals surface area contributed by atoms with Crippen LogP contribution >= 0.6 is 0 Å². The minimum atomic E-state index is -1.48. The Morgan fingerprint density at radius 3 is 2.66 bits per heavy atom. The summed E-state index contributed by atoms with van der Waals surface area (Å²) >= 11 is 0. The minimum Gasteiger partial charge on any atom is -0.457 e. The Kier molecular flexibility index (Phi) is 14.5. The van der Waals surface area contributed by atoms with E-state index in [4.69, 9.17) is 18.9 Å². The second-order valence-electron chi connectivity index (χ2n) is 14.4. The lowest BCUT2D eigenvalue weighted by Crippen LogP contribution is -2.45. The van der Waals surface area contributed by atoms with Gasteiger partial charge in [0, 0.05) is 45.0 Å².